The second-order valence-electron chi connectivity index (χ2n) is 3.94. The van der Waals surface area contributed by atoms with Gasteiger partial charge in [0, 0.05) is 11.6 Å². The molecular weight excluding hydrogens is 215 g/mol. The molecule has 0 saturated heterocycles. The summed E-state index contributed by atoms with van der Waals surface area (Å²) in [6.07, 6.45) is 1.97. The van der Waals surface area contributed by atoms with E-state index in [1.807, 2.05) is 29.1 Å². The number of fused-ring (bicyclic) bond motifs is 1. The van der Waals surface area contributed by atoms with Gasteiger partial charge in [-0.05, 0) is 35.9 Å². The van der Waals surface area contributed by atoms with Gasteiger partial charge in [0.25, 0.3) is 0 Å². The summed E-state index contributed by atoms with van der Waals surface area (Å²) in [5.74, 6) is -0.214. The number of halogens is 1. The molecule has 17 heavy (non-hydrogen) atoms. The predicted octanol–water partition coefficient (Wildman–Crippen LogP) is 3.02. The summed E-state index contributed by atoms with van der Waals surface area (Å²) in [6, 6.07) is 15.2. The second-order valence-corrected chi connectivity index (χ2v) is 3.94. The van der Waals surface area contributed by atoms with Crippen molar-refractivity contribution in [3.63, 3.8) is 0 Å². The lowest BCUT2D eigenvalue weighted by Gasteiger charge is -2.00. The lowest BCUT2D eigenvalue weighted by molar-refractivity contribution is 0.624. The van der Waals surface area contributed by atoms with Crippen LogP contribution in [0.1, 0.15) is 5.56 Å². The van der Waals surface area contributed by atoms with E-state index < -0.39 is 0 Å². The molecule has 1 heterocycles. The summed E-state index contributed by atoms with van der Waals surface area (Å²) in [6.45, 7) is 0.648. The number of hydrogen-bond acceptors (Lipinski definition) is 1. The van der Waals surface area contributed by atoms with Crippen LogP contribution in [-0.4, -0.2) is 9.78 Å². The van der Waals surface area contributed by atoms with Crippen LogP contribution >= 0.6 is 0 Å². The molecule has 3 aromatic rings. The molecule has 0 aliphatic carbocycles. The molecule has 1 radical (unpaired) electrons. The van der Waals surface area contributed by atoms with Gasteiger partial charge in [-0.25, -0.2) is 4.39 Å². The molecule has 83 valence electrons. The molecule has 0 aliphatic rings. The zero-order chi connectivity index (χ0) is 11.7. The molecule has 0 aliphatic heterocycles. The lowest BCUT2D eigenvalue weighted by atomic mass is 10.2. The van der Waals surface area contributed by atoms with Gasteiger partial charge in [-0.15, -0.1) is 0 Å². The molecule has 0 bridgehead atoms. The van der Waals surface area contributed by atoms with Crippen molar-refractivity contribution in [2.75, 3.05) is 0 Å². The van der Waals surface area contributed by atoms with Gasteiger partial charge in [0.15, 0.2) is 0 Å². The molecule has 3 heteroatoms. The highest BCUT2D eigenvalue weighted by molar-refractivity contribution is 5.77. The highest BCUT2D eigenvalue weighted by atomic mass is 19.1. The molecule has 0 N–H and O–H groups in total. The number of benzene rings is 2. The zero-order valence-corrected chi connectivity index (χ0v) is 9.10. The first kappa shape index (κ1) is 10.0. The molecule has 0 unspecified atom stereocenters. The monoisotopic (exact) mass is 225 g/mol. The Balaban J connectivity index is 1.92. The molecule has 2 aromatic carbocycles. The van der Waals surface area contributed by atoms with E-state index in [4.69, 9.17) is 0 Å². The van der Waals surface area contributed by atoms with Crippen LogP contribution in [0.3, 0.4) is 0 Å². The van der Waals surface area contributed by atoms with E-state index >= 15 is 0 Å². The van der Waals surface area contributed by atoms with Gasteiger partial charge in [0.1, 0.15) is 5.82 Å². The molecule has 0 amide bonds. The number of aromatic nitrogens is 2. The van der Waals surface area contributed by atoms with Crippen molar-refractivity contribution in [1.29, 1.82) is 0 Å². The molecule has 0 fully saturated rings. The van der Waals surface area contributed by atoms with Crippen LogP contribution < -0.4 is 0 Å². The van der Waals surface area contributed by atoms with Crippen LogP contribution in [-0.2, 0) is 6.54 Å². The van der Waals surface area contributed by atoms with Crippen molar-refractivity contribution in [2.24, 2.45) is 0 Å². The van der Waals surface area contributed by atoms with E-state index in [9.17, 15) is 4.39 Å². The van der Waals surface area contributed by atoms with Crippen molar-refractivity contribution >= 4 is 10.9 Å². The second kappa shape index (κ2) is 4.01. The average Bonchev–Trinajstić information content (AvgIpc) is 2.74. The third kappa shape index (κ3) is 2.04. The molecule has 0 spiro atoms. The quantitative estimate of drug-likeness (QED) is 0.655. The summed E-state index contributed by atoms with van der Waals surface area (Å²) in [7, 11) is 0. The van der Waals surface area contributed by atoms with Gasteiger partial charge in [-0.2, -0.15) is 5.10 Å². The maximum atomic E-state index is 12.8. The number of nitrogens with zero attached hydrogens (tertiary/aromatic N) is 2. The maximum Gasteiger partial charge on any atom is 0.123 e. The number of rotatable bonds is 2. The Morgan fingerprint density at radius 1 is 1.18 bits per heavy atom. The summed E-state index contributed by atoms with van der Waals surface area (Å²) in [5.41, 5.74) is 1.98. The third-order valence-corrected chi connectivity index (χ3v) is 2.65. The van der Waals surface area contributed by atoms with E-state index in [2.05, 4.69) is 11.2 Å². The van der Waals surface area contributed by atoms with Crippen LogP contribution in [0.15, 0.2) is 48.7 Å². The van der Waals surface area contributed by atoms with E-state index in [1.165, 1.54) is 12.1 Å². The van der Waals surface area contributed by atoms with Gasteiger partial charge >= 0.3 is 0 Å². The minimum absolute atomic E-state index is 0.214. The minimum Gasteiger partial charge on any atom is -0.267 e. The third-order valence-electron chi connectivity index (χ3n) is 2.65. The summed E-state index contributed by atoms with van der Waals surface area (Å²) < 4.78 is 14.6. The van der Waals surface area contributed by atoms with Gasteiger partial charge < -0.3 is 0 Å². The summed E-state index contributed by atoms with van der Waals surface area (Å²) in [4.78, 5) is 0. The smallest absolute Gasteiger partial charge is 0.123 e. The fourth-order valence-electron chi connectivity index (χ4n) is 1.82. The van der Waals surface area contributed by atoms with Gasteiger partial charge in [-0.3, -0.25) is 4.68 Å². The average molecular weight is 225 g/mol. The molecule has 3 rings (SSSR count). The fraction of sp³-hybridized carbons (Fsp3) is 0.0714. The lowest BCUT2D eigenvalue weighted by Crippen LogP contribution is -1.99. The molecule has 0 atom stereocenters. The van der Waals surface area contributed by atoms with Gasteiger partial charge in [0.05, 0.1) is 12.1 Å². The molecular formula is C14H10FN2. The van der Waals surface area contributed by atoms with Crippen LogP contribution in [0.5, 0.6) is 0 Å². The Morgan fingerprint density at radius 3 is 2.76 bits per heavy atom. The van der Waals surface area contributed by atoms with Crippen LogP contribution in [0.2, 0.25) is 0 Å². The zero-order valence-electron chi connectivity index (χ0n) is 9.10. The highest BCUT2D eigenvalue weighted by Crippen LogP contribution is 2.12. The molecule has 1 aromatic heterocycles. The predicted molar refractivity (Wildman–Crippen MR) is 64.1 cm³/mol. The Hall–Kier alpha value is -2.16. The maximum absolute atomic E-state index is 12.8. The largest absolute Gasteiger partial charge is 0.267 e. The SMILES string of the molecule is Fc1ccc(Cn2cc3c[c]ccc3n2)cc1. The van der Waals surface area contributed by atoms with Crippen LogP contribution in [0, 0.1) is 11.9 Å². The van der Waals surface area contributed by atoms with Crippen molar-refractivity contribution < 1.29 is 4.39 Å². The first-order chi connectivity index (χ1) is 8.31. The Kier molecular flexibility index (Phi) is 2.37. The molecule has 0 saturated carbocycles. The van der Waals surface area contributed by atoms with Gasteiger partial charge in [-0.1, -0.05) is 18.2 Å². The van der Waals surface area contributed by atoms with E-state index in [0.717, 1.165) is 16.5 Å². The standard InChI is InChI=1S/C14H10FN2/c15-13-7-5-11(6-8-13)9-17-10-12-3-1-2-4-14(12)16-17/h2-8,10H,9H2. The normalized spacial score (nSPS) is 10.9. The highest BCUT2D eigenvalue weighted by Gasteiger charge is 2.00. The van der Waals surface area contributed by atoms with Crippen molar-refractivity contribution in [3.05, 3.63) is 66.1 Å². The topological polar surface area (TPSA) is 17.8 Å². The number of hydrogen-bond donors (Lipinski definition) is 0. The van der Waals surface area contributed by atoms with E-state index in [1.54, 1.807) is 12.1 Å². The van der Waals surface area contributed by atoms with Crippen LogP contribution in [0.25, 0.3) is 10.9 Å². The van der Waals surface area contributed by atoms with E-state index in [-0.39, 0.29) is 5.82 Å². The first-order valence-corrected chi connectivity index (χ1v) is 5.39. The van der Waals surface area contributed by atoms with Gasteiger partial charge in [0.2, 0.25) is 0 Å². The van der Waals surface area contributed by atoms with Crippen molar-refractivity contribution in [3.8, 4) is 0 Å². The van der Waals surface area contributed by atoms with Crippen molar-refractivity contribution in [2.45, 2.75) is 6.54 Å². The van der Waals surface area contributed by atoms with Crippen molar-refractivity contribution in [1.82, 2.24) is 9.78 Å². The van der Waals surface area contributed by atoms with E-state index in [0.29, 0.717) is 6.54 Å². The van der Waals surface area contributed by atoms with Crippen LogP contribution in [0.4, 0.5) is 4.39 Å². The molecule has 2 nitrogen and oxygen atoms in total. The minimum atomic E-state index is -0.214. The Labute approximate surface area is 98.3 Å². The Bertz CT molecular complexity index is 608. The first-order valence-electron chi connectivity index (χ1n) is 5.39. The summed E-state index contributed by atoms with van der Waals surface area (Å²) in [5, 5.41) is 5.50. The summed E-state index contributed by atoms with van der Waals surface area (Å²) >= 11 is 0. The Morgan fingerprint density at radius 2 is 2.00 bits per heavy atom. The fourth-order valence-corrected chi connectivity index (χ4v) is 1.82.